The molecule has 0 atom stereocenters. The van der Waals surface area contributed by atoms with E-state index in [0.717, 1.165) is 11.3 Å². The third kappa shape index (κ3) is 3.54. The number of pyridine rings is 1. The molecule has 0 radical (unpaired) electrons. The Morgan fingerprint density at radius 1 is 1.30 bits per heavy atom. The van der Waals surface area contributed by atoms with E-state index < -0.39 is 5.82 Å². The van der Waals surface area contributed by atoms with E-state index in [1.807, 2.05) is 24.3 Å². The van der Waals surface area contributed by atoms with E-state index in [2.05, 4.69) is 10.3 Å². The van der Waals surface area contributed by atoms with Gasteiger partial charge in [-0.3, -0.25) is 4.79 Å². The normalized spacial score (nSPS) is 10.1. The second-order valence-corrected chi connectivity index (χ2v) is 4.19. The van der Waals surface area contributed by atoms with Gasteiger partial charge in [-0.1, -0.05) is 18.2 Å². The first-order chi connectivity index (χ1) is 9.70. The topological polar surface area (TPSA) is 51.2 Å². The van der Waals surface area contributed by atoms with Gasteiger partial charge < -0.3 is 10.1 Å². The number of rotatable bonds is 5. The van der Waals surface area contributed by atoms with Crippen molar-refractivity contribution in [3.63, 3.8) is 0 Å². The number of carbonyl (C=O) groups excluding carboxylic acids is 1. The molecule has 1 amide bonds. The predicted octanol–water partition coefficient (Wildman–Crippen LogP) is 2.80. The number of anilines is 1. The molecule has 0 aliphatic rings. The summed E-state index contributed by atoms with van der Waals surface area (Å²) in [5.74, 6) is -0.131. The Kier molecular flexibility index (Phi) is 4.65. The van der Waals surface area contributed by atoms with Gasteiger partial charge in [-0.25, -0.2) is 9.37 Å². The molecule has 0 saturated heterocycles. The number of benzene rings is 1. The molecule has 2 aromatic rings. The van der Waals surface area contributed by atoms with Crippen LogP contribution in [0.15, 0.2) is 42.6 Å². The van der Waals surface area contributed by atoms with Crippen molar-refractivity contribution in [1.29, 1.82) is 0 Å². The van der Waals surface area contributed by atoms with Gasteiger partial charge in [-0.05, 0) is 30.2 Å². The summed E-state index contributed by atoms with van der Waals surface area (Å²) in [6.07, 6.45) is 2.18. The van der Waals surface area contributed by atoms with Crippen LogP contribution in [0.3, 0.4) is 0 Å². The highest BCUT2D eigenvalue weighted by Crippen LogP contribution is 2.19. The minimum absolute atomic E-state index is 0.0440. The molecule has 0 saturated carbocycles. The molecule has 1 N–H and O–H groups in total. The first-order valence-corrected chi connectivity index (χ1v) is 6.23. The molecule has 0 bridgehead atoms. The maximum Gasteiger partial charge on any atom is 0.225 e. The Morgan fingerprint density at radius 2 is 2.10 bits per heavy atom. The summed E-state index contributed by atoms with van der Waals surface area (Å²) in [4.78, 5) is 15.6. The largest absolute Gasteiger partial charge is 0.496 e. The Balaban J connectivity index is 1.94. The minimum atomic E-state index is -0.543. The lowest BCUT2D eigenvalue weighted by atomic mass is 10.1. The lowest BCUT2D eigenvalue weighted by Gasteiger charge is -2.08. The number of aryl methyl sites for hydroxylation is 1. The molecule has 0 spiro atoms. The number of carbonyl (C=O) groups is 1. The van der Waals surface area contributed by atoms with Crippen molar-refractivity contribution >= 4 is 11.7 Å². The van der Waals surface area contributed by atoms with E-state index in [4.69, 9.17) is 4.74 Å². The van der Waals surface area contributed by atoms with Crippen molar-refractivity contribution in [2.75, 3.05) is 12.4 Å². The van der Waals surface area contributed by atoms with E-state index in [1.165, 1.54) is 18.3 Å². The molecule has 1 aromatic carbocycles. The molecule has 4 nitrogen and oxygen atoms in total. The first-order valence-electron chi connectivity index (χ1n) is 6.23. The fourth-order valence-electron chi connectivity index (χ4n) is 1.83. The second-order valence-electron chi connectivity index (χ2n) is 4.19. The van der Waals surface area contributed by atoms with Crippen LogP contribution in [0.5, 0.6) is 5.75 Å². The van der Waals surface area contributed by atoms with Crippen molar-refractivity contribution in [3.05, 3.63) is 54.0 Å². The maximum absolute atomic E-state index is 13.3. The average molecular weight is 274 g/mol. The van der Waals surface area contributed by atoms with Crippen LogP contribution >= 0.6 is 0 Å². The van der Waals surface area contributed by atoms with Gasteiger partial charge in [-0.15, -0.1) is 0 Å². The monoisotopic (exact) mass is 274 g/mol. The number of methoxy groups -OCH3 is 1. The fourth-order valence-corrected chi connectivity index (χ4v) is 1.83. The number of nitrogens with zero attached hydrogens (tertiary/aromatic N) is 1. The molecule has 0 fully saturated rings. The van der Waals surface area contributed by atoms with Crippen LogP contribution in [0.2, 0.25) is 0 Å². The van der Waals surface area contributed by atoms with Gasteiger partial charge in [0.1, 0.15) is 5.75 Å². The Bertz CT molecular complexity index is 602. The van der Waals surface area contributed by atoms with Crippen molar-refractivity contribution in [3.8, 4) is 5.75 Å². The van der Waals surface area contributed by atoms with Gasteiger partial charge >= 0.3 is 0 Å². The van der Waals surface area contributed by atoms with Crippen LogP contribution in [0, 0.1) is 5.82 Å². The maximum atomic E-state index is 13.3. The van der Waals surface area contributed by atoms with Crippen molar-refractivity contribution in [1.82, 2.24) is 4.98 Å². The number of halogens is 1. The van der Waals surface area contributed by atoms with Crippen molar-refractivity contribution in [2.45, 2.75) is 12.8 Å². The highest BCUT2D eigenvalue weighted by molar-refractivity contribution is 5.90. The third-order valence-corrected chi connectivity index (χ3v) is 2.83. The molecule has 0 aliphatic heterocycles. The number of hydrogen-bond donors (Lipinski definition) is 1. The molecular formula is C15H15FN2O2. The number of para-hydroxylation sites is 1. The van der Waals surface area contributed by atoms with Gasteiger partial charge in [0, 0.05) is 12.6 Å². The van der Waals surface area contributed by atoms with Crippen LogP contribution in [-0.4, -0.2) is 18.0 Å². The number of amides is 1. The lowest BCUT2D eigenvalue weighted by molar-refractivity contribution is -0.116. The summed E-state index contributed by atoms with van der Waals surface area (Å²) >= 11 is 0. The molecule has 104 valence electrons. The molecule has 0 aliphatic carbocycles. The van der Waals surface area contributed by atoms with Crippen LogP contribution in [0.4, 0.5) is 10.2 Å². The highest BCUT2D eigenvalue weighted by atomic mass is 19.1. The zero-order chi connectivity index (χ0) is 14.4. The van der Waals surface area contributed by atoms with E-state index in [-0.39, 0.29) is 18.1 Å². The van der Waals surface area contributed by atoms with Crippen LogP contribution in [0.25, 0.3) is 0 Å². The SMILES string of the molecule is COc1ccccc1CCC(=O)Nc1ncccc1F. The molecule has 1 aromatic heterocycles. The smallest absolute Gasteiger partial charge is 0.225 e. The summed E-state index contributed by atoms with van der Waals surface area (Å²) in [5, 5.41) is 2.45. The first kappa shape index (κ1) is 14.0. The summed E-state index contributed by atoms with van der Waals surface area (Å²) in [6.45, 7) is 0. The Morgan fingerprint density at radius 3 is 2.85 bits per heavy atom. The number of ether oxygens (including phenoxy) is 1. The zero-order valence-electron chi connectivity index (χ0n) is 11.1. The zero-order valence-corrected chi connectivity index (χ0v) is 11.1. The number of nitrogens with one attached hydrogen (secondary N) is 1. The Hall–Kier alpha value is -2.43. The average Bonchev–Trinajstić information content (AvgIpc) is 2.48. The molecule has 0 unspecified atom stereocenters. The van der Waals surface area contributed by atoms with Crippen LogP contribution in [-0.2, 0) is 11.2 Å². The summed E-state index contributed by atoms with van der Waals surface area (Å²) in [6, 6.07) is 10.2. The highest BCUT2D eigenvalue weighted by Gasteiger charge is 2.09. The lowest BCUT2D eigenvalue weighted by Crippen LogP contribution is -2.14. The minimum Gasteiger partial charge on any atom is -0.496 e. The number of aromatic nitrogens is 1. The van der Waals surface area contributed by atoms with Crippen LogP contribution in [0.1, 0.15) is 12.0 Å². The van der Waals surface area contributed by atoms with E-state index in [1.54, 1.807) is 7.11 Å². The van der Waals surface area contributed by atoms with Gasteiger partial charge in [0.05, 0.1) is 7.11 Å². The molecule has 5 heteroatoms. The second kappa shape index (κ2) is 6.65. The van der Waals surface area contributed by atoms with Crippen LogP contribution < -0.4 is 10.1 Å². The summed E-state index contributed by atoms with van der Waals surface area (Å²) < 4.78 is 18.5. The van der Waals surface area contributed by atoms with Gasteiger partial charge in [-0.2, -0.15) is 0 Å². The van der Waals surface area contributed by atoms with E-state index >= 15 is 0 Å². The van der Waals surface area contributed by atoms with Gasteiger partial charge in [0.15, 0.2) is 11.6 Å². The number of hydrogen-bond acceptors (Lipinski definition) is 3. The molecular weight excluding hydrogens is 259 g/mol. The van der Waals surface area contributed by atoms with Crippen molar-refractivity contribution < 1.29 is 13.9 Å². The standard InChI is InChI=1S/C15H15FN2O2/c1-20-13-7-3-2-5-11(13)8-9-14(19)18-15-12(16)6-4-10-17-15/h2-7,10H,8-9H2,1H3,(H,17,18,19). The van der Waals surface area contributed by atoms with Gasteiger partial charge in [0.2, 0.25) is 5.91 Å². The summed E-state index contributed by atoms with van der Waals surface area (Å²) in [7, 11) is 1.59. The Labute approximate surface area is 116 Å². The fraction of sp³-hybridized carbons (Fsp3) is 0.200. The quantitative estimate of drug-likeness (QED) is 0.912. The summed E-state index contributed by atoms with van der Waals surface area (Å²) in [5.41, 5.74) is 0.937. The predicted molar refractivity (Wildman–Crippen MR) is 74.1 cm³/mol. The molecule has 1 heterocycles. The van der Waals surface area contributed by atoms with E-state index in [9.17, 15) is 9.18 Å². The van der Waals surface area contributed by atoms with Gasteiger partial charge in [0.25, 0.3) is 0 Å². The van der Waals surface area contributed by atoms with E-state index in [0.29, 0.717) is 6.42 Å². The third-order valence-electron chi connectivity index (χ3n) is 2.83. The molecule has 2 rings (SSSR count). The molecule has 20 heavy (non-hydrogen) atoms. The van der Waals surface area contributed by atoms with Crippen molar-refractivity contribution in [2.24, 2.45) is 0 Å².